The minimum Gasteiger partial charge on any atom is -0.468 e. The fourth-order valence-corrected chi connectivity index (χ4v) is 4.61. The van der Waals surface area contributed by atoms with E-state index in [-0.39, 0.29) is 35.9 Å². The molecule has 158 valence electrons. The summed E-state index contributed by atoms with van der Waals surface area (Å²) >= 11 is 1.56. The molecular formula is C23H21N3O4S. The molecule has 4 rings (SSSR count). The molecule has 0 spiro atoms. The van der Waals surface area contributed by atoms with Gasteiger partial charge in [-0.05, 0) is 48.5 Å². The molecular weight excluding hydrogens is 414 g/mol. The number of nitrogens with zero attached hydrogens (tertiary/aromatic N) is 1. The highest BCUT2D eigenvalue weighted by Crippen LogP contribution is 2.45. The molecule has 0 radical (unpaired) electrons. The average molecular weight is 436 g/mol. The number of anilines is 3. The van der Waals surface area contributed by atoms with Gasteiger partial charge in [-0.15, -0.1) is 11.8 Å². The molecule has 2 aromatic carbocycles. The Bertz CT molecular complexity index is 1100. The van der Waals surface area contributed by atoms with E-state index in [1.807, 2.05) is 30.3 Å². The zero-order chi connectivity index (χ0) is 21.8. The Balaban J connectivity index is 1.50. The first-order valence-electron chi connectivity index (χ1n) is 9.76. The maximum Gasteiger partial charge on any atom is 0.244 e. The van der Waals surface area contributed by atoms with Crippen LogP contribution in [-0.4, -0.2) is 24.3 Å². The maximum atomic E-state index is 13.1. The lowest BCUT2D eigenvalue weighted by atomic mass is 10.2. The summed E-state index contributed by atoms with van der Waals surface area (Å²) in [5.41, 5.74) is 1.93. The minimum atomic E-state index is -0.308. The number of amides is 3. The van der Waals surface area contributed by atoms with Gasteiger partial charge >= 0.3 is 0 Å². The Kier molecular flexibility index (Phi) is 6.08. The van der Waals surface area contributed by atoms with Crippen LogP contribution in [0.4, 0.5) is 17.1 Å². The fraction of sp³-hybridized carbons (Fsp3) is 0.174. The normalized spacial score (nSPS) is 15.7. The molecule has 1 aliphatic rings. The molecule has 1 aliphatic heterocycles. The lowest BCUT2D eigenvalue weighted by molar-refractivity contribution is -0.121. The van der Waals surface area contributed by atoms with Crippen LogP contribution in [0.2, 0.25) is 0 Å². The van der Waals surface area contributed by atoms with Crippen molar-refractivity contribution in [3.8, 4) is 0 Å². The van der Waals surface area contributed by atoms with Crippen LogP contribution in [0, 0.1) is 0 Å². The van der Waals surface area contributed by atoms with E-state index in [0.29, 0.717) is 17.1 Å². The van der Waals surface area contributed by atoms with E-state index in [2.05, 4.69) is 10.6 Å². The molecule has 2 N–H and O–H groups in total. The smallest absolute Gasteiger partial charge is 0.244 e. The van der Waals surface area contributed by atoms with Gasteiger partial charge in [0, 0.05) is 29.6 Å². The summed E-state index contributed by atoms with van der Waals surface area (Å²) in [5.74, 6) is 0.117. The Morgan fingerprint density at radius 1 is 1.03 bits per heavy atom. The van der Waals surface area contributed by atoms with Crippen LogP contribution in [0.3, 0.4) is 0 Å². The van der Waals surface area contributed by atoms with Gasteiger partial charge in [0.05, 0.1) is 17.2 Å². The van der Waals surface area contributed by atoms with E-state index in [1.165, 1.54) is 11.8 Å². The molecule has 0 saturated heterocycles. The third-order valence-electron chi connectivity index (χ3n) is 4.74. The van der Waals surface area contributed by atoms with E-state index in [4.69, 9.17) is 4.42 Å². The molecule has 0 fully saturated rings. The van der Waals surface area contributed by atoms with E-state index in [1.54, 1.807) is 48.4 Å². The highest BCUT2D eigenvalue weighted by molar-refractivity contribution is 7.99. The number of nitrogens with one attached hydrogen (secondary N) is 2. The number of para-hydroxylation sites is 1. The zero-order valence-corrected chi connectivity index (χ0v) is 17.6. The van der Waals surface area contributed by atoms with Crippen molar-refractivity contribution >= 4 is 46.5 Å². The molecule has 31 heavy (non-hydrogen) atoms. The zero-order valence-electron chi connectivity index (χ0n) is 16.8. The highest BCUT2D eigenvalue weighted by atomic mass is 32.2. The van der Waals surface area contributed by atoms with Gasteiger partial charge in [0.15, 0.2) is 0 Å². The first-order chi connectivity index (χ1) is 15.0. The van der Waals surface area contributed by atoms with Crippen molar-refractivity contribution in [2.24, 2.45) is 0 Å². The molecule has 1 aromatic heterocycles. The average Bonchev–Trinajstić information content (AvgIpc) is 3.24. The summed E-state index contributed by atoms with van der Waals surface area (Å²) in [5, 5.41) is 5.33. The number of fused-ring (bicyclic) bond motifs is 1. The van der Waals surface area contributed by atoms with Gasteiger partial charge in [-0.2, -0.15) is 0 Å². The van der Waals surface area contributed by atoms with Crippen LogP contribution in [0.15, 0.2) is 76.2 Å². The fourth-order valence-electron chi connectivity index (χ4n) is 3.37. The molecule has 3 aromatic rings. The van der Waals surface area contributed by atoms with Crippen molar-refractivity contribution in [2.75, 3.05) is 22.1 Å². The molecule has 0 saturated carbocycles. The van der Waals surface area contributed by atoms with E-state index in [0.717, 1.165) is 10.7 Å². The highest BCUT2D eigenvalue weighted by Gasteiger charge is 2.31. The van der Waals surface area contributed by atoms with Crippen molar-refractivity contribution in [2.45, 2.75) is 23.5 Å². The predicted molar refractivity (Wildman–Crippen MR) is 120 cm³/mol. The van der Waals surface area contributed by atoms with Gasteiger partial charge in [-0.25, -0.2) is 0 Å². The van der Waals surface area contributed by atoms with E-state index < -0.39 is 0 Å². The molecule has 0 bridgehead atoms. The van der Waals surface area contributed by atoms with Gasteiger partial charge in [0.2, 0.25) is 17.7 Å². The summed E-state index contributed by atoms with van der Waals surface area (Å²) in [4.78, 5) is 39.4. The van der Waals surface area contributed by atoms with Crippen molar-refractivity contribution < 1.29 is 18.8 Å². The number of carbonyl (C=O) groups excluding carboxylic acids is 3. The van der Waals surface area contributed by atoms with Crippen molar-refractivity contribution in [3.63, 3.8) is 0 Å². The monoisotopic (exact) mass is 435 g/mol. The predicted octanol–water partition coefficient (Wildman–Crippen LogP) is 4.45. The van der Waals surface area contributed by atoms with Crippen LogP contribution in [-0.2, 0) is 14.4 Å². The van der Waals surface area contributed by atoms with Crippen molar-refractivity contribution in [1.82, 2.24) is 0 Å². The second-order valence-electron chi connectivity index (χ2n) is 7.08. The van der Waals surface area contributed by atoms with Crippen LogP contribution >= 0.6 is 11.8 Å². The number of carbonyl (C=O) groups is 3. The topological polar surface area (TPSA) is 91.7 Å². The van der Waals surface area contributed by atoms with Gasteiger partial charge in [-0.1, -0.05) is 12.1 Å². The summed E-state index contributed by atoms with van der Waals surface area (Å²) in [7, 11) is 0. The number of hydrogen-bond donors (Lipinski definition) is 2. The molecule has 0 unspecified atom stereocenters. The first kappa shape index (κ1) is 20.7. The van der Waals surface area contributed by atoms with Crippen molar-refractivity contribution in [3.05, 3.63) is 72.7 Å². The molecule has 7 nitrogen and oxygen atoms in total. The summed E-state index contributed by atoms with van der Waals surface area (Å²) < 4.78 is 5.52. The number of benzene rings is 2. The number of thioether (sulfide) groups is 1. The number of rotatable bonds is 5. The Morgan fingerprint density at radius 2 is 1.74 bits per heavy atom. The minimum absolute atomic E-state index is 0.102. The van der Waals surface area contributed by atoms with Crippen molar-refractivity contribution in [1.29, 1.82) is 0 Å². The third kappa shape index (κ3) is 4.97. The van der Waals surface area contributed by atoms with Crippen LogP contribution in [0.5, 0.6) is 0 Å². The summed E-state index contributed by atoms with van der Waals surface area (Å²) in [6.07, 6.45) is 1.82. The Morgan fingerprint density at radius 3 is 2.42 bits per heavy atom. The van der Waals surface area contributed by atoms with Crippen LogP contribution in [0.25, 0.3) is 0 Å². The van der Waals surface area contributed by atoms with Gasteiger partial charge in [0.1, 0.15) is 12.3 Å². The number of hydrogen-bond acceptors (Lipinski definition) is 5. The third-order valence-corrected chi connectivity index (χ3v) is 6.02. The van der Waals surface area contributed by atoms with Crippen LogP contribution < -0.4 is 15.5 Å². The Labute approximate surface area is 183 Å². The maximum absolute atomic E-state index is 13.1. The molecule has 1 atom stereocenters. The second-order valence-corrected chi connectivity index (χ2v) is 8.32. The second kappa shape index (κ2) is 9.09. The molecule has 3 amide bonds. The Hall–Kier alpha value is -3.52. The standard InChI is InChI=1S/C23H21N3O4S/c1-15(27)24-16-8-10-17(11-9-16)25-22(28)14-26-18-5-2-3-7-20(18)31-21(13-23(26)29)19-6-4-12-30-19/h2-12,21H,13-14H2,1H3,(H,24,27)(H,25,28)/t21-/m0/s1. The summed E-state index contributed by atoms with van der Waals surface area (Å²) in [6.45, 7) is 1.33. The lowest BCUT2D eigenvalue weighted by Crippen LogP contribution is -2.38. The SMILES string of the molecule is CC(=O)Nc1ccc(NC(=O)CN2C(=O)C[C@@H](c3ccco3)Sc3ccccc32)cc1. The van der Waals surface area contributed by atoms with E-state index >= 15 is 0 Å². The van der Waals surface area contributed by atoms with Gasteiger partial charge < -0.3 is 20.0 Å². The van der Waals surface area contributed by atoms with E-state index in [9.17, 15) is 14.4 Å². The van der Waals surface area contributed by atoms with Gasteiger partial charge in [-0.3, -0.25) is 14.4 Å². The molecule has 8 heteroatoms. The van der Waals surface area contributed by atoms with Crippen LogP contribution in [0.1, 0.15) is 24.4 Å². The lowest BCUT2D eigenvalue weighted by Gasteiger charge is -2.22. The quantitative estimate of drug-likeness (QED) is 0.618. The number of furan rings is 1. The molecule has 0 aliphatic carbocycles. The first-order valence-corrected chi connectivity index (χ1v) is 10.6. The summed E-state index contributed by atoms with van der Waals surface area (Å²) in [6, 6.07) is 18.0. The van der Waals surface area contributed by atoms with Gasteiger partial charge in [0.25, 0.3) is 0 Å². The molecule has 2 heterocycles. The largest absolute Gasteiger partial charge is 0.468 e.